The standard InChI is InChI=1S/C16H12N6O2/c1-24-16(23)13-15-21(12-7-9-17-10-8-12)19-20-22(15)14(18-13)11-5-3-2-4-6-11/h2-10H,1H3. The Morgan fingerprint density at radius 2 is 1.79 bits per heavy atom. The predicted octanol–water partition coefficient (Wildman–Crippen LogP) is 1.76. The molecular weight excluding hydrogens is 308 g/mol. The molecule has 4 aromatic rings. The minimum absolute atomic E-state index is 0.151. The molecule has 118 valence electrons. The molecule has 0 spiro atoms. The van der Waals surface area contributed by atoms with Gasteiger partial charge >= 0.3 is 5.97 Å². The number of esters is 1. The number of benzene rings is 1. The fraction of sp³-hybridized carbons (Fsp3) is 0.0625. The highest BCUT2D eigenvalue weighted by molar-refractivity contribution is 5.95. The van der Waals surface area contributed by atoms with Crippen molar-refractivity contribution in [2.75, 3.05) is 7.11 Å². The molecule has 0 bridgehead atoms. The summed E-state index contributed by atoms with van der Waals surface area (Å²) < 4.78 is 7.92. The zero-order valence-electron chi connectivity index (χ0n) is 12.7. The van der Waals surface area contributed by atoms with Crippen molar-refractivity contribution in [3.8, 4) is 17.1 Å². The van der Waals surface area contributed by atoms with E-state index in [2.05, 4.69) is 20.4 Å². The maximum absolute atomic E-state index is 12.2. The Balaban J connectivity index is 2.02. The van der Waals surface area contributed by atoms with Crippen LogP contribution in [0.4, 0.5) is 0 Å². The van der Waals surface area contributed by atoms with Crippen molar-refractivity contribution in [2.45, 2.75) is 0 Å². The lowest BCUT2D eigenvalue weighted by atomic mass is 10.2. The zero-order valence-corrected chi connectivity index (χ0v) is 12.7. The van der Waals surface area contributed by atoms with E-state index in [4.69, 9.17) is 4.74 Å². The van der Waals surface area contributed by atoms with Crippen molar-refractivity contribution < 1.29 is 9.53 Å². The summed E-state index contributed by atoms with van der Waals surface area (Å²) in [5, 5.41) is 8.29. The number of carbonyl (C=O) groups excluding carboxylic acids is 1. The Morgan fingerprint density at radius 1 is 1.04 bits per heavy atom. The van der Waals surface area contributed by atoms with Crippen LogP contribution in [0.15, 0.2) is 54.9 Å². The molecule has 0 aliphatic rings. The number of aromatic nitrogens is 6. The lowest BCUT2D eigenvalue weighted by Gasteiger charge is -2.00. The Morgan fingerprint density at radius 3 is 2.50 bits per heavy atom. The molecule has 0 N–H and O–H groups in total. The van der Waals surface area contributed by atoms with Crippen molar-refractivity contribution in [2.24, 2.45) is 0 Å². The Kier molecular flexibility index (Phi) is 3.27. The van der Waals surface area contributed by atoms with E-state index in [0.29, 0.717) is 11.5 Å². The SMILES string of the molecule is COC(=O)c1nc(-c2ccccc2)n2nnn(-c3ccncc3)c12. The monoisotopic (exact) mass is 320 g/mol. The van der Waals surface area contributed by atoms with Crippen LogP contribution in [-0.4, -0.2) is 42.7 Å². The minimum atomic E-state index is -0.549. The second-order valence-corrected chi connectivity index (χ2v) is 4.97. The maximum atomic E-state index is 12.2. The molecule has 3 heterocycles. The van der Waals surface area contributed by atoms with E-state index in [1.165, 1.54) is 16.3 Å². The quantitative estimate of drug-likeness (QED) is 0.535. The van der Waals surface area contributed by atoms with Gasteiger partial charge in [0.25, 0.3) is 0 Å². The summed E-state index contributed by atoms with van der Waals surface area (Å²) in [6, 6.07) is 13.0. The summed E-state index contributed by atoms with van der Waals surface area (Å²) in [4.78, 5) is 20.6. The third kappa shape index (κ3) is 2.12. The molecule has 24 heavy (non-hydrogen) atoms. The highest BCUT2D eigenvalue weighted by Gasteiger charge is 2.24. The molecular formula is C16H12N6O2. The van der Waals surface area contributed by atoms with Crippen LogP contribution >= 0.6 is 0 Å². The summed E-state index contributed by atoms with van der Waals surface area (Å²) in [5.74, 6) is -0.0291. The van der Waals surface area contributed by atoms with E-state index >= 15 is 0 Å². The molecule has 0 atom stereocenters. The molecule has 3 aromatic heterocycles. The van der Waals surface area contributed by atoms with Crippen LogP contribution in [-0.2, 0) is 4.74 Å². The number of tetrazole rings is 1. The molecule has 8 nitrogen and oxygen atoms in total. The van der Waals surface area contributed by atoms with Gasteiger partial charge in [-0.1, -0.05) is 30.3 Å². The van der Waals surface area contributed by atoms with Crippen LogP contribution in [0.1, 0.15) is 10.5 Å². The normalized spacial score (nSPS) is 10.9. The van der Waals surface area contributed by atoms with Crippen LogP contribution < -0.4 is 0 Å². The molecule has 4 rings (SSSR count). The number of pyridine rings is 1. The first-order valence-electron chi connectivity index (χ1n) is 7.18. The number of fused-ring (bicyclic) bond motifs is 1. The number of imidazole rings is 1. The third-order valence-corrected chi connectivity index (χ3v) is 3.57. The van der Waals surface area contributed by atoms with Gasteiger partial charge in [0.05, 0.1) is 12.8 Å². The lowest BCUT2D eigenvalue weighted by Crippen LogP contribution is -2.06. The Bertz CT molecular complexity index is 970. The summed E-state index contributed by atoms with van der Waals surface area (Å²) in [6.45, 7) is 0. The predicted molar refractivity (Wildman–Crippen MR) is 84.7 cm³/mol. The summed E-state index contributed by atoms with van der Waals surface area (Å²) in [6.07, 6.45) is 3.28. The lowest BCUT2D eigenvalue weighted by molar-refractivity contribution is 0.0596. The van der Waals surface area contributed by atoms with E-state index in [1.807, 2.05) is 30.3 Å². The molecule has 0 aliphatic heterocycles. The Labute approximate surface area is 136 Å². The third-order valence-electron chi connectivity index (χ3n) is 3.57. The number of hydrogen-bond acceptors (Lipinski definition) is 6. The first-order valence-corrected chi connectivity index (χ1v) is 7.18. The van der Waals surface area contributed by atoms with E-state index in [1.54, 1.807) is 24.5 Å². The molecule has 0 radical (unpaired) electrons. The average molecular weight is 320 g/mol. The van der Waals surface area contributed by atoms with Gasteiger partial charge in [-0.25, -0.2) is 9.78 Å². The molecule has 0 saturated carbocycles. The van der Waals surface area contributed by atoms with Crippen molar-refractivity contribution in [1.29, 1.82) is 0 Å². The van der Waals surface area contributed by atoms with Gasteiger partial charge in [-0.3, -0.25) is 4.98 Å². The van der Waals surface area contributed by atoms with E-state index in [0.717, 1.165) is 11.3 Å². The van der Waals surface area contributed by atoms with Gasteiger partial charge in [0, 0.05) is 18.0 Å². The molecule has 0 saturated heterocycles. The van der Waals surface area contributed by atoms with Crippen molar-refractivity contribution in [3.63, 3.8) is 0 Å². The molecule has 0 fully saturated rings. The van der Waals surface area contributed by atoms with E-state index < -0.39 is 5.97 Å². The molecule has 0 aliphatic carbocycles. The number of hydrogen-bond donors (Lipinski definition) is 0. The fourth-order valence-corrected chi connectivity index (χ4v) is 2.47. The minimum Gasteiger partial charge on any atom is -0.464 e. The summed E-state index contributed by atoms with van der Waals surface area (Å²) in [7, 11) is 1.32. The van der Waals surface area contributed by atoms with Crippen LogP contribution in [0, 0.1) is 0 Å². The van der Waals surface area contributed by atoms with Crippen molar-refractivity contribution in [1.82, 2.24) is 29.6 Å². The highest BCUT2D eigenvalue weighted by atomic mass is 16.5. The van der Waals surface area contributed by atoms with Crippen LogP contribution in [0.3, 0.4) is 0 Å². The fourth-order valence-electron chi connectivity index (χ4n) is 2.47. The van der Waals surface area contributed by atoms with Gasteiger partial charge in [-0.2, -0.15) is 9.20 Å². The van der Waals surface area contributed by atoms with Gasteiger partial charge in [-0.05, 0) is 22.6 Å². The molecule has 1 aromatic carbocycles. The number of nitrogens with zero attached hydrogens (tertiary/aromatic N) is 6. The van der Waals surface area contributed by atoms with Crippen LogP contribution in [0.5, 0.6) is 0 Å². The molecule has 8 heteroatoms. The van der Waals surface area contributed by atoms with Gasteiger partial charge in [0.1, 0.15) is 0 Å². The molecule has 0 unspecified atom stereocenters. The van der Waals surface area contributed by atoms with E-state index in [-0.39, 0.29) is 5.69 Å². The van der Waals surface area contributed by atoms with Crippen molar-refractivity contribution in [3.05, 3.63) is 60.6 Å². The van der Waals surface area contributed by atoms with Gasteiger partial charge in [0.15, 0.2) is 17.2 Å². The second-order valence-electron chi connectivity index (χ2n) is 4.97. The largest absolute Gasteiger partial charge is 0.464 e. The van der Waals surface area contributed by atoms with Gasteiger partial charge < -0.3 is 4.74 Å². The first kappa shape index (κ1) is 14.1. The second kappa shape index (κ2) is 5.58. The van der Waals surface area contributed by atoms with E-state index in [9.17, 15) is 4.79 Å². The van der Waals surface area contributed by atoms with Crippen LogP contribution in [0.25, 0.3) is 22.7 Å². The Hall–Kier alpha value is -3.55. The first-order chi connectivity index (χ1) is 11.8. The summed E-state index contributed by atoms with van der Waals surface area (Å²) >= 11 is 0. The number of carbonyl (C=O) groups is 1. The van der Waals surface area contributed by atoms with Crippen molar-refractivity contribution >= 4 is 11.6 Å². The van der Waals surface area contributed by atoms with Gasteiger partial charge in [0.2, 0.25) is 0 Å². The molecule has 0 amide bonds. The number of ether oxygens (including phenoxy) is 1. The number of methoxy groups -OCH3 is 1. The average Bonchev–Trinajstić information content (AvgIpc) is 3.23. The highest BCUT2D eigenvalue weighted by Crippen LogP contribution is 2.23. The summed E-state index contributed by atoms with van der Waals surface area (Å²) in [5.41, 5.74) is 2.13. The topological polar surface area (TPSA) is 87.2 Å². The van der Waals surface area contributed by atoms with Crippen LogP contribution in [0.2, 0.25) is 0 Å². The zero-order chi connectivity index (χ0) is 16.5. The number of rotatable bonds is 3. The smallest absolute Gasteiger partial charge is 0.360 e. The maximum Gasteiger partial charge on any atom is 0.360 e. The van der Waals surface area contributed by atoms with Gasteiger partial charge in [-0.15, -0.1) is 0 Å².